The van der Waals surface area contributed by atoms with Crippen molar-refractivity contribution in [3.8, 4) is 0 Å². The van der Waals surface area contributed by atoms with Crippen LogP contribution in [0.25, 0.3) is 0 Å². The van der Waals surface area contributed by atoms with E-state index in [4.69, 9.17) is 4.74 Å². The molecule has 27 heavy (non-hydrogen) atoms. The maximum absolute atomic E-state index is 13.5. The van der Waals surface area contributed by atoms with Crippen LogP contribution in [0.3, 0.4) is 0 Å². The fourth-order valence-corrected chi connectivity index (χ4v) is 3.39. The first-order valence-corrected chi connectivity index (χ1v) is 9.13. The van der Waals surface area contributed by atoms with Gasteiger partial charge in [-0.3, -0.25) is 0 Å². The van der Waals surface area contributed by atoms with Crippen molar-refractivity contribution in [1.29, 1.82) is 0 Å². The number of alkyl halides is 3. The van der Waals surface area contributed by atoms with Gasteiger partial charge in [-0.2, -0.15) is 13.2 Å². The number of benzene rings is 1. The first-order chi connectivity index (χ1) is 12.8. The molecule has 3 rings (SSSR count). The molecule has 0 spiro atoms. The molecule has 2 amide bonds. The van der Waals surface area contributed by atoms with E-state index in [1.165, 1.54) is 6.07 Å². The maximum atomic E-state index is 13.5. The molecule has 0 saturated carbocycles. The van der Waals surface area contributed by atoms with Gasteiger partial charge in [-0.05, 0) is 51.2 Å². The van der Waals surface area contributed by atoms with Crippen molar-refractivity contribution in [2.75, 3.05) is 56.7 Å². The van der Waals surface area contributed by atoms with Crippen LogP contribution < -0.4 is 15.5 Å². The van der Waals surface area contributed by atoms with Gasteiger partial charge in [0.05, 0.1) is 24.5 Å². The second-order valence-electron chi connectivity index (χ2n) is 7.00. The maximum Gasteiger partial charge on any atom is 0.418 e. The molecule has 0 unspecified atom stereocenters. The fourth-order valence-electron chi connectivity index (χ4n) is 3.39. The number of carbonyl (C=O) groups excluding carboxylic acids is 1. The Morgan fingerprint density at radius 1 is 1.15 bits per heavy atom. The lowest BCUT2D eigenvalue weighted by atomic mass is 10.1. The second kappa shape index (κ2) is 8.35. The second-order valence-corrected chi connectivity index (χ2v) is 7.00. The molecule has 2 heterocycles. The topological polar surface area (TPSA) is 56.8 Å². The molecule has 2 aliphatic rings. The van der Waals surface area contributed by atoms with Gasteiger partial charge in [-0.25, -0.2) is 4.79 Å². The Balaban J connectivity index is 1.70. The first-order valence-electron chi connectivity index (χ1n) is 9.13. The van der Waals surface area contributed by atoms with Crippen molar-refractivity contribution in [3.63, 3.8) is 0 Å². The van der Waals surface area contributed by atoms with E-state index in [2.05, 4.69) is 15.5 Å². The highest BCUT2D eigenvalue weighted by molar-refractivity contribution is 5.90. The van der Waals surface area contributed by atoms with Crippen LogP contribution in [-0.2, 0) is 10.9 Å². The van der Waals surface area contributed by atoms with Crippen LogP contribution in [0, 0.1) is 0 Å². The molecule has 2 fully saturated rings. The Morgan fingerprint density at radius 2 is 1.81 bits per heavy atom. The minimum absolute atomic E-state index is 0.0249. The summed E-state index contributed by atoms with van der Waals surface area (Å²) in [6.45, 7) is 3.77. The molecule has 0 radical (unpaired) electrons. The molecule has 0 aliphatic carbocycles. The predicted octanol–water partition coefficient (Wildman–Crippen LogP) is 2.76. The fraction of sp³-hybridized carbons (Fsp3) is 0.611. The molecule has 1 aromatic rings. The van der Waals surface area contributed by atoms with E-state index in [1.54, 1.807) is 6.07 Å². The van der Waals surface area contributed by atoms with Gasteiger partial charge >= 0.3 is 12.2 Å². The van der Waals surface area contributed by atoms with Crippen LogP contribution in [0.2, 0.25) is 0 Å². The molecule has 0 aromatic heterocycles. The highest BCUT2D eigenvalue weighted by atomic mass is 19.4. The number of morpholine rings is 1. The third kappa shape index (κ3) is 5.26. The van der Waals surface area contributed by atoms with Crippen molar-refractivity contribution < 1.29 is 22.7 Å². The number of carbonyl (C=O) groups is 1. The van der Waals surface area contributed by atoms with Crippen LogP contribution in [0.5, 0.6) is 0 Å². The Kier molecular flexibility index (Phi) is 6.11. The average Bonchev–Trinajstić information content (AvgIpc) is 2.64. The monoisotopic (exact) mass is 386 g/mol. The van der Waals surface area contributed by atoms with E-state index in [9.17, 15) is 18.0 Å². The van der Waals surface area contributed by atoms with Crippen LogP contribution in [0.4, 0.5) is 29.3 Å². The lowest BCUT2D eigenvalue weighted by molar-refractivity contribution is -0.136. The van der Waals surface area contributed by atoms with Gasteiger partial charge < -0.3 is 25.2 Å². The molecule has 2 N–H and O–H groups in total. The van der Waals surface area contributed by atoms with Gasteiger partial charge in [0, 0.05) is 24.8 Å². The van der Waals surface area contributed by atoms with Gasteiger partial charge in [-0.1, -0.05) is 0 Å². The summed E-state index contributed by atoms with van der Waals surface area (Å²) < 4.78 is 45.8. The molecule has 1 aromatic carbocycles. The number of anilines is 2. The number of rotatable bonds is 3. The van der Waals surface area contributed by atoms with Crippen LogP contribution >= 0.6 is 0 Å². The summed E-state index contributed by atoms with van der Waals surface area (Å²) >= 11 is 0. The Labute approximate surface area is 156 Å². The lowest BCUT2D eigenvalue weighted by Gasteiger charge is -2.30. The van der Waals surface area contributed by atoms with Gasteiger partial charge in [0.1, 0.15) is 0 Å². The summed E-state index contributed by atoms with van der Waals surface area (Å²) in [4.78, 5) is 16.2. The molecular formula is C18H25F3N4O2. The number of amides is 2. The van der Waals surface area contributed by atoms with Crippen molar-refractivity contribution >= 4 is 17.4 Å². The van der Waals surface area contributed by atoms with Crippen molar-refractivity contribution in [1.82, 2.24) is 10.2 Å². The summed E-state index contributed by atoms with van der Waals surface area (Å²) in [5, 5.41) is 5.15. The minimum atomic E-state index is -4.56. The van der Waals surface area contributed by atoms with Crippen LogP contribution in [0.15, 0.2) is 18.2 Å². The molecule has 2 saturated heterocycles. The third-order valence-electron chi connectivity index (χ3n) is 4.99. The zero-order chi connectivity index (χ0) is 19.4. The Hall–Kier alpha value is -2.00. The first kappa shape index (κ1) is 19.8. The van der Waals surface area contributed by atoms with Gasteiger partial charge in [0.25, 0.3) is 0 Å². The SMILES string of the molecule is CN1CCC(NC(=O)Nc2ccc(N3CCOCC3)cc2C(F)(F)F)CC1. The molecule has 6 nitrogen and oxygen atoms in total. The summed E-state index contributed by atoms with van der Waals surface area (Å²) in [7, 11) is 2.00. The zero-order valence-corrected chi connectivity index (χ0v) is 15.3. The normalized spacial score (nSPS) is 19.8. The van der Waals surface area contributed by atoms with Crippen molar-refractivity contribution in [2.24, 2.45) is 0 Å². The molecule has 0 bridgehead atoms. The standard InChI is InChI=1S/C18H25F3N4O2/c1-24-6-4-13(5-7-24)22-17(26)23-16-3-2-14(12-15(16)18(19,20)21)25-8-10-27-11-9-25/h2-3,12-13H,4-11H2,1H3,(H2,22,23,26). The van der Waals surface area contributed by atoms with E-state index < -0.39 is 17.8 Å². The highest BCUT2D eigenvalue weighted by Gasteiger charge is 2.35. The molecule has 9 heteroatoms. The highest BCUT2D eigenvalue weighted by Crippen LogP contribution is 2.37. The van der Waals surface area contributed by atoms with E-state index in [1.807, 2.05) is 11.9 Å². The van der Waals surface area contributed by atoms with Crippen LogP contribution in [-0.4, -0.2) is 63.4 Å². The molecule has 2 aliphatic heterocycles. The Morgan fingerprint density at radius 3 is 2.44 bits per heavy atom. The number of halogens is 3. The molecule has 0 atom stereocenters. The quantitative estimate of drug-likeness (QED) is 0.839. The number of likely N-dealkylation sites (tertiary alicyclic amines) is 1. The summed E-state index contributed by atoms with van der Waals surface area (Å²) in [6.07, 6.45) is -2.99. The van der Waals surface area contributed by atoms with Crippen molar-refractivity contribution in [3.05, 3.63) is 23.8 Å². The Bertz CT molecular complexity index is 654. The number of hydrogen-bond donors (Lipinski definition) is 2. The zero-order valence-electron chi connectivity index (χ0n) is 15.3. The van der Waals surface area contributed by atoms with E-state index in [0.29, 0.717) is 32.0 Å². The summed E-state index contributed by atoms with van der Waals surface area (Å²) in [5.41, 5.74) is -0.596. The minimum Gasteiger partial charge on any atom is -0.378 e. The van der Waals surface area contributed by atoms with E-state index in [0.717, 1.165) is 32.0 Å². The smallest absolute Gasteiger partial charge is 0.378 e. The number of hydrogen-bond acceptors (Lipinski definition) is 4. The number of urea groups is 1. The number of piperidine rings is 1. The average molecular weight is 386 g/mol. The van der Waals surface area contributed by atoms with Crippen LogP contribution in [0.1, 0.15) is 18.4 Å². The van der Waals surface area contributed by atoms with Gasteiger partial charge in [-0.15, -0.1) is 0 Å². The number of nitrogens with one attached hydrogen (secondary N) is 2. The number of ether oxygens (including phenoxy) is 1. The lowest BCUT2D eigenvalue weighted by Crippen LogP contribution is -2.45. The number of nitrogens with zero attached hydrogens (tertiary/aromatic N) is 2. The largest absolute Gasteiger partial charge is 0.418 e. The molecule has 150 valence electrons. The van der Waals surface area contributed by atoms with Gasteiger partial charge in [0.15, 0.2) is 0 Å². The summed E-state index contributed by atoms with van der Waals surface area (Å²) in [6, 6.07) is 3.39. The summed E-state index contributed by atoms with van der Waals surface area (Å²) in [5.74, 6) is 0. The molecular weight excluding hydrogens is 361 g/mol. The third-order valence-corrected chi connectivity index (χ3v) is 4.99. The van der Waals surface area contributed by atoms with Gasteiger partial charge in [0.2, 0.25) is 0 Å². The van der Waals surface area contributed by atoms with Crippen molar-refractivity contribution in [2.45, 2.75) is 25.1 Å². The predicted molar refractivity (Wildman–Crippen MR) is 97.1 cm³/mol. The van der Waals surface area contributed by atoms with E-state index >= 15 is 0 Å². The van der Waals surface area contributed by atoms with E-state index in [-0.39, 0.29) is 11.7 Å².